The van der Waals surface area contributed by atoms with E-state index in [-0.39, 0.29) is 5.75 Å². The van der Waals surface area contributed by atoms with E-state index in [0.29, 0.717) is 5.52 Å². The van der Waals surface area contributed by atoms with Crippen molar-refractivity contribution >= 4 is 32.7 Å². The van der Waals surface area contributed by atoms with Crippen molar-refractivity contribution in [3.8, 4) is 5.75 Å². The van der Waals surface area contributed by atoms with Crippen molar-refractivity contribution in [1.29, 1.82) is 0 Å². The van der Waals surface area contributed by atoms with E-state index in [0.717, 1.165) is 34.6 Å². The third kappa shape index (κ3) is 2.04. The normalized spacial score (nSPS) is 11.6. The second-order valence-electron chi connectivity index (χ2n) is 6.01. The van der Waals surface area contributed by atoms with Crippen LogP contribution in [-0.4, -0.2) is 15.1 Å². The van der Waals surface area contributed by atoms with E-state index < -0.39 is 0 Å². The molecule has 0 amide bonds. The predicted molar refractivity (Wildman–Crippen MR) is 94.9 cm³/mol. The molecule has 2 aromatic heterocycles. The first kappa shape index (κ1) is 13.9. The number of hydrogen-bond donors (Lipinski definition) is 1. The van der Waals surface area contributed by atoms with Crippen molar-refractivity contribution in [2.45, 2.75) is 26.7 Å². The van der Waals surface area contributed by atoms with E-state index in [1.165, 1.54) is 16.5 Å². The Labute approximate surface area is 134 Å². The summed E-state index contributed by atoms with van der Waals surface area (Å²) in [6.45, 7) is 4.28. The lowest BCUT2D eigenvalue weighted by molar-refractivity contribution is 0.480. The van der Waals surface area contributed by atoms with Crippen LogP contribution in [0.3, 0.4) is 0 Å². The number of rotatable bonds is 2. The highest BCUT2D eigenvalue weighted by Crippen LogP contribution is 2.33. The lowest BCUT2D eigenvalue weighted by Gasteiger charge is -2.13. The molecule has 0 unspecified atom stereocenters. The van der Waals surface area contributed by atoms with Crippen LogP contribution >= 0.6 is 0 Å². The molecule has 0 fully saturated rings. The van der Waals surface area contributed by atoms with Gasteiger partial charge in [0.25, 0.3) is 0 Å². The molecule has 0 atom stereocenters. The fourth-order valence-corrected chi connectivity index (χ4v) is 3.36. The molecule has 2 aromatic carbocycles. The summed E-state index contributed by atoms with van der Waals surface area (Å²) in [5.74, 6) is 0.202. The van der Waals surface area contributed by atoms with Gasteiger partial charge in [-0.3, -0.25) is 4.98 Å². The van der Waals surface area contributed by atoms with Crippen LogP contribution in [0.1, 0.15) is 24.5 Å². The van der Waals surface area contributed by atoms with Crippen molar-refractivity contribution in [3.63, 3.8) is 0 Å². The summed E-state index contributed by atoms with van der Waals surface area (Å²) in [5, 5.41) is 13.3. The summed E-state index contributed by atoms with van der Waals surface area (Å²) < 4.78 is 0. The van der Waals surface area contributed by atoms with Crippen LogP contribution in [0, 0.1) is 6.92 Å². The van der Waals surface area contributed by atoms with Crippen LogP contribution in [0.15, 0.2) is 42.6 Å². The molecule has 4 aromatic rings. The number of aromatic nitrogens is 2. The molecule has 0 bridgehead atoms. The highest BCUT2D eigenvalue weighted by Gasteiger charge is 2.14. The SMILES string of the molecule is CCCc1c2cccc(C)c2nc2c1cnc1c(O)cccc12. The van der Waals surface area contributed by atoms with Crippen LogP contribution in [0.25, 0.3) is 32.7 Å². The van der Waals surface area contributed by atoms with Crippen LogP contribution < -0.4 is 0 Å². The summed E-state index contributed by atoms with van der Waals surface area (Å²) in [5.41, 5.74) is 5.05. The van der Waals surface area contributed by atoms with Crippen molar-refractivity contribution in [2.24, 2.45) is 0 Å². The molecule has 2 heterocycles. The molecule has 0 saturated heterocycles. The summed E-state index contributed by atoms with van der Waals surface area (Å²) in [4.78, 5) is 9.43. The highest BCUT2D eigenvalue weighted by molar-refractivity contribution is 6.10. The zero-order valence-electron chi connectivity index (χ0n) is 13.3. The lowest BCUT2D eigenvalue weighted by Crippen LogP contribution is -1.96. The number of benzene rings is 2. The topological polar surface area (TPSA) is 46.0 Å². The molecule has 0 aliphatic rings. The van der Waals surface area contributed by atoms with Crippen molar-refractivity contribution < 1.29 is 5.11 Å². The molecule has 0 aliphatic heterocycles. The molecule has 0 aliphatic carbocycles. The molecule has 0 radical (unpaired) electrons. The number of fused-ring (bicyclic) bond motifs is 4. The molecular weight excluding hydrogens is 284 g/mol. The van der Waals surface area contributed by atoms with Gasteiger partial charge >= 0.3 is 0 Å². The average Bonchev–Trinajstić information content (AvgIpc) is 2.56. The molecule has 3 nitrogen and oxygen atoms in total. The Balaban J connectivity index is 2.27. The minimum atomic E-state index is 0.202. The van der Waals surface area contributed by atoms with Crippen molar-refractivity contribution in [1.82, 2.24) is 9.97 Å². The predicted octanol–water partition coefficient (Wildman–Crippen LogP) is 4.90. The van der Waals surface area contributed by atoms with E-state index in [1.54, 1.807) is 6.07 Å². The van der Waals surface area contributed by atoms with E-state index in [1.807, 2.05) is 18.3 Å². The number of pyridine rings is 2. The van der Waals surface area contributed by atoms with Gasteiger partial charge in [-0.2, -0.15) is 0 Å². The maximum Gasteiger partial charge on any atom is 0.141 e. The Bertz CT molecular complexity index is 1050. The van der Waals surface area contributed by atoms with Gasteiger partial charge in [-0.25, -0.2) is 4.98 Å². The number of phenols is 1. The average molecular weight is 302 g/mol. The van der Waals surface area contributed by atoms with Gasteiger partial charge < -0.3 is 5.11 Å². The molecular formula is C20H18N2O. The molecule has 0 saturated carbocycles. The Morgan fingerprint density at radius 2 is 1.70 bits per heavy atom. The summed E-state index contributed by atoms with van der Waals surface area (Å²) >= 11 is 0. The Morgan fingerprint density at radius 1 is 0.913 bits per heavy atom. The Kier molecular flexibility index (Phi) is 3.15. The highest BCUT2D eigenvalue weighted by atomic mass is 16.3. The second-order valence-corrected chi connectivity index (χ2v) is 6.01. The van der Waals surface area contributed by atoms with Gasteiger partial charge in [0, 0.05) is 22.4 Å². The van der Waals surface area contributed by atoms with E-state index in [2.05, 4.69) is 37.0 Å². The van der Waals surface area contributed by atoms with Crippen LogP contribution in [0.4, 0.5) is 0 Å². The zero-order chi connectivity index (χ0) is 16.0. The standard InChI is InChI=1S/C20H18N2O/c1-3-6-13-14-8-4-7-12(2)18(14)22-19-15-9-5-10-17(23)20(15)21-11-16(13)19/h4-5,7-11,23H,3,6H2,1-2H3. The van der Waals surface area contributed by atoms with E-state index in [9.17, 15) is 5.11 Å². The number of aromatic hydroxyl groups is 1. The number of phenolic OH excluding ortho intramolecular Hbond substituents is 1. The largest absolute Gasteiger partial charge is 0.506 e. The maximum absolute atomic E-state index is 10.1. The molecule has 3 heteroatoms. The van der Waals surface area contributed by atoms with Crippen molar-refractivity contribution in [3.05, 3.63) is 53.7 Å². The quantitative estimate of drug-likeness (QED) is 0.423. The molecule has 114 valence electrons. The van der Waals surface area contributed by atoms with Crippen molar-refractivity contribution in [2.75, 3.05) is 0 Å². The summed E-state index contributed by atoms with van der Waals surface area (Å²) in [7, 11) is 0. The van der Waals surface area contributed by atoms with E-state index >= 15 is 0 Å². The van der Waals surface area contributed by atoms with Gasteiger partial charge in [0.05, 0.1) is 11.0 Å². The number of para-hydroxylation sites is 2. The van der Waals surface area contributed by atoms with Gasteiger partial charge in [-0.05, 0) is 30.5 Å². The molecule has 23 heavy (non-hydrogen) atoms. The Hall–Kier alpha value is -2.68. The van der Waals surface area contributed by atoms with Gasteiger partial charge in [-0.15, -0.1) is 0 Å². The first-order valence-electron chi connectivity index (χ1n) is 7.99. The summed E-state index contributed by atoms with van der Waals surface area (Å²) in [6, 6.07) is 11.8. The zero-order valence-corrected chi connectivity index (χ0v) is 13.3. The molecule has 4 rings (SSSR count). The van der Waals surface area contributed by atoms with E-state index in [4.69, 9.17) is 4.98 Å². The van der Waals surface area contributed by atoms with Crippen LogP contribution in [0.5, 0.6) is 5.75 Å². The van der Waals surface area contributed by atoms with Gasteiger partial charge in [0.15, 0.2) is 0 Å². The smallest absolute Gasteiger partial charge is 0.141 e. The number of aryl methyl sites for hydroxylation is 2. The lowest BCUT2D eigenvalue weighted by atomic mass is 9.97. The second kappa shape index (κ2) is 5.20. The molecule has 0 spiro atoms. The van der Waals surface area contributed by atoms with Gasteiger partial charge in [0.1, 0.15) is 11.3 Å². The van der Waals surface area contributed by atoms with Crippen LogP contribution in [0.2, 0.25) is 0 Å². The monoisotopic (exact) mass is 302 g/mol. The fraction of sp³-hybridized carbons (Fsp3) is 0.200. The minimum absolute atomic E-state index is 0.202. The fourth-order valence-electron chi connectivity index (χ4n) is 3.36. The molecule has 1 N–H and O–H groups in total. The Morgan fingerprint density at radius 3 is 2.52 bits per heavy atom. The number of nitrogens with zero attached hydrogens (tertiary/aromatic N) is 2. The first-order valence-corrected chi connectivity index (χ1v) is 7.99. The number of hydrogen-bond acceptors (Lipinski definition) is 3. The third-order valence-corrected chi connectivity index (χ3v) is 4.46. The maximum atomic E-state index is 10.1. The first-order chi connectivity index (χ1) is 11.2. The summed E-state index contributed by atoms with van der Waals surface area (Å²) in [6.07, 6.45) is 3.92. The van der Waals surface area contributed by atoms with Gasteiger partial charge in [-0.1, -0.05) is 43.7 Å². The minimum Gasteiger partial charge on any atom is -0.506 e. The van der Waals surface area contributed by atoms with Crippen LogP contribution in [-0.2, 0) is 6.42 Å². The van der Waals surface area contributed by atoms with Gasteiger partial charge in [0.2, 0.25) is 0 Å². The third-order valence-electron chi connectivity index (χ3n) is 4.46.